The number of nitrogens with zero attached hydrogens (tertiary/aromatic N) is 1. The predicted molar refractivity (Wildman–Crippen MR) is 77.9 cm³/mol. The molecule has 2 aromatic rings. The standard InChI is InChI=1S/C14H11BrFNO4/c1-8(18)13-10(16)5-3-7-12(13)21-14-9(15)4-2-6-11(14)17(19)20/h2-8,18H,1H3/t8-/m1/s1. The molecule has 0 spiro atoms. The third-order valence-corrected chi connectivity index (χ3v) is 3.41. The monoisotopic (exact) mass is 355 g/mol. The Morgan fingerprint density at radius 3 is 2.62 bits per heavy atom. The van der Waals surface area contributed by atoms with Crippen molar-refractivity contribution in [2.24, 2.45) is 0 Å². The second kappa shape index (κ2) is 6.19. The molecule has 2 aromatic carbocycles. The summed E-state index contributed by atoms with van der Waals surface area (Å²) in [6.45, 7) is 1.39. The quantitative estimate of drug-likeness (QED) is 0.653. The van der Waals surface area contributed by atoms with Crippen LogP contribution in [0.3, 0.4) is 0 Å². The summed E-state index contributed by atoms with van der Waals surface area (Å²) in [5.41, 5.74) is -0.312. The van der Waals surface area contributed by atoms with Crippen molar-refractivity contribution in [2.45, 2.75) is 13.0 Å². The van der Waals surface area contributed by atoms with Crippen molar-refractivity contribution in [1.82, 2.24) is 0 Å². The minimum absolute atomic E-state index is 0.0278. The minimum atomic E-state index is -1.11. The zero-order valence-corrected chi connectivity index (χ0v) is 12.5. The summed E-state index contributed by atoms with van der Waals surface area (Å²) >= 11 is 3.17. The van der Waals surface area contributed by atoms with E-state index in [0.29, 0.717) is 4.47 Å². The molecule has 0 heterocycles. The van der Waals surface area contributed by atoms with E-state index in [1.54, 1.807) is 6.07 Å². The molecule has 0 aliphatic carbocycles. The fourth-order valence-electron chi connectivity index (χ4n) is 1.86. The lowest BCUT2D eigenvalue weighted by Gasteiger charge is -2.14. The van der Waals surface area contributed by atoms with Crippen molar-refractivity contribution >= 4 is 21.6 Å². The molecule has 0 saturated carbocycles. The molecule has 0 aromatic heterocycles. The van der Waals surface area contributed by atoms with Gasteiger partial charge in [0.25, 0.3) is 0 Å². The van der Waals surface area contributed by atoms with Crippen molar-refractivity contribution in [3.63, 3.8) is 0 Å². The van der Waals surface area contributed by atoms with Gasteiger partial charge in [-0.2, -0.15) is 0 Å². The molecular weight excluding hydrogens is 345 g/mol. The van der Waals surface area contributed by atoms with E-state index < -0.39 is 16.8 Å². The highest BCUT2D eigenvalue weighted by molar-refractivity contribution is 9.10. The molecule has 0 unspecified atom stereocenters. The van der Waals surface area contributed by atoms with Crippen molar-refractivity contribution in [1.29, 1.82) is 0 Å². The third-order valence-electron chi connectivity index (χ3n) is 2.79. The molecule has 0 radical (unpaired) electrons. The zero-order valence-electron chi connectivity index (χ0n) is 10.9. The van der Waals surface area contributed by atoms with Crippen LogP contribution in [0.1, 0.15) is 18.6 Å². The molecule has 0 saturated heterocycles. The van der Waals surface area contributed by atoms with Crippen LogP contribution < -0.4 is 4.74 Å². The van der Waals surface area contributed by atoms with Gasteiger partial charge < -0.3 is 9.84 Å². The van der Waals surface area contributed by atoms with E-state index in [9.17, 15) is 19.6 Å². The van der Waals surface area contributed by atoms with Crippen molar-refractivity contribution < 1.29 is 19.2 Å². The molecule has 0 aliphatic rings. The van der Waals surface area contributed by atoms with E-state index in [4.69, 9.17) is 4.74 Å². The van der Waals surface area contributed by atoms with Crippen LogP contribution in [0.4, 0.5) is 10.1 Å². The van der Waals surface area contributed by atoms with E-state index in [0.717, 1.165) is 0 Å². The second-order valence-corrected chi connectivity index (χ2v) is 5.13. The van der Waals surface area contributed by atoms with Crippen LogP contribution >= 0.6 is 15.9 Å². The summed E-state index contributed by atoms with van der Waals surface area (Å²) in [4.78, 5) is 10.4. The van der Waals surface area contributed by atoms with E-state index >= 15 is 0 Å². The molecular formula is C14H11BrFNO4. The van der Waals surface area contributed by atoms with Gasteiger partial charge in [-0.05, 0) is 41.1 Å². The molecule has 0 aliphatic heterocycles. The molecule has 7 heteroatoms. The number of para-hydroxylation sites is 1. The molecule has 0 amide bonds. The molecule has 0 bridgehead atoms. The van der Waals surface area contributed by atoms with Gasteiger partial charge in [-0.1, -0.05) is 12.1 Å². The maximum atomic E-state index is 13.8. The summed E-state index contributed by atoms with van der Waals surface area (Å²) < 4.78 is 19.6. The lowest BCUT2D eigenvalue weighted by Crippen LogP contribution is -2.01. The Bertz CT molecular complexity index is 691. The molecule has 5 nitrogen and oxygen atoms in total. The van der Waals surface area contributed by atoms with Gasteiger partial charge in [-0.15, -0.1) is 0 Å². The van der Waals surface area contributed by atoms with E-state index in [1.165, 1.54) is 37.3 Å². The van der Waals surface area contributed by atoms with Gasteiger partial charge in [-0.3, -0.25) is 10.1 Å². The highest BCUT2D eigenvalue weighted by atomic mass is 79.9. The molecule has 1 N–H and O–H groups in total. The zero-order chi connectivity index (χ0) is 15.6. The van der Waals surface area contributed by atoms with Gasteiger partial charge in [0.05, 0.1) is 21.1 Å². The first-order chi connectivity index (χ1) is 9.91. The topological polar surface area (TPSA) is 72.6 Å². The number of benzene rings is 2. The van der Waals surface area contributed by atoms with Crippen LogP contribution in [0, 0.1) is 15.9 Å². The van der Waals surface area contributed by atoms with Crippen LogP contribution in [-0.4, -0.2) is 10.0 Å². The van der Waals surface area contributed by atoms with Crippen LogP contribution in [0.25, 0.3) is 0 Å². The van der Waals surface area contributed by atoms with E-state index in [1.807, 2.05) is 0 Å². The summed E-state index contributed by atoms with van der Waals surface area (Å²) in [7, 11) is 0. The highest BCUT2D eigenvalue weighted by Crippen LogP contribution is 2.40. The Morgan fingerprint density at radius 1 is 1.33 bits per heavy atom. The number of rotatable bonds is 4. The molecule has 1 atom stereocenters. The van der Waals surface area contributed by atoms with Crippen LogP contribution in [0.5, 0.6) is 11.5 Å². The number of hydrogen-bond donors (Lipinski definition) is 1. The number of aliphatic hydroxyl groups excluding tert-OH is 1. The number of hydrogen-bond acceptors (Lipinski definition) is 4. The Balaban J connectivity index is 2.54. The Labute approximate surface area is 128 Å². The Kier molecular flexibility index (Phi) is 4.54. The van der Waals surface area contributed by atoms with Crippen molar-refractivity contribution in [3.8, 4) is 11.5 Å². The fourth-order valence-corrected chi connectivity index (χ4v) is 2.30. The number of halogens is 2. The van der Waals surface area contributed by atoms with E-state index in [-0.39, 0.29) is 22.7 Å². The average molecular weight is 356 g/mol. The summed E-state index contributed by atoms with van der Waals surface area (Å²) in [6, 6.07) is 8.37. The number of aliphatic hydroxyl groups is 1. The Morgan fingerprint density at radius 2 is 2.00 bits per heavy atom. The summed E-state index contributed by atoms with van der Waals surface area (Å²) in [6.07, 6.45) is -1.11. The van der Waals surface area contributed by atoms with Gasteiger partial charge in [0.2, 0.25) is 5.75 Å². The molecule has 0 fully saturated rings. The lowest BCUT2D eigenvalue weighted by atomic mass is 10.1. The molecule has 110 valence electrons. The maximum Gasteiger partial charge on any atom is 0.312 e. The van der Waals surface area contributed by atoms with Crippen molar-refractivity contribution in [2.75, 3.05) is 0 Å². The normalized spacial score (nSPS) is 12.0. The maximum absolute atomic E-state index is 13.8. The Hall–Kier alpha value is -1.99. The SMILES string of the molecule is C[C@@H](O)c1c(F)cccc1Oc1c(Br)cccc1[N+](=O)[O-]. The minimum Gasteiger partial charge on any atom is -0.448 e. The smallest absolute Gasteiger partial charge is 0.312 e. The lowest BCUT2D eigenvalue weighted by molar-refractivity contribution is -0.385. The van der Waals surface area contributed by atoms with Gasteiger partial charge >= 0.3 is 5.69 Å². The van der Waals surface area contributed by atoms with Gasteiger partial charge in [0, 0.05) is 6.07 Å². The number of ether oxygens (including phenoxy) is 1. The van der Waals surface area contributed by atoms with Gasteiger partial charge in [-0.25, -0.2) is 4.39 Å². The first kappa shape index (κ1) is 15.4. The largest absolute Gasteiger partial charge is 0.448 e. The third kappa shape index (κ3) is 3.20. The number of nitro benzene ring substituents is 1. The van der Waals surface area contributed by atoms with Crippen molar-refractivity contribution in [3.05, 3.63) is 62.4 Å². The van der Waals surface area contributed by atoms with Gasteiger partial charge in [0.15, 0.2) is 0 Å². The van der Waals surface area contributed by atoms with Crippen LogP contribution in [0.15, 0.2) is 40.9 Å². The summed E-state index contributed by atoms with van der Waals surface area (Å²) in [5.74, 6) is -0.660. The average Bonchev–Trinajstić information content (AvgIpc) is 2.40. The fraction of sp³-hybridized carbons (Fsp3) is 0.143. The first-order valence-electron chi connectivity index (χ1n) is 5.99. The number of nitro groups is 1. The van der Waals surface area contributed by atoms with Crippen LogP contribution in [-0.2, 0) is 0 Å². The predicted octanol–water partition coefficient (Wildman–Crippen LogP) is 4.34. The van der Waals surface area contributed by atoms with Crippen LogP contribution in [0.2, 0.25) is 0 Å². The summed E-state index contributed by atoms with van der Waals surface area (Å²) in [5, 5.41) is 20.7. The highest BCUT2D eigenvalue weighted by Gasteiger charge is 2.22. The molecule has 21 heavy (non-hydrogen) atoms. The molecule has 2 rings (SSSR count). The first-order valence-corrected chi connectivity index (χ1v) is 6.78. The van der Waals surface area contributed by atoms with Gasteiger partial charge in [0.1, 0.15) is 11.6 Å². The van der Waals surface area contributed by atoms with E-state index in [2.05, 4.69) is 15.9 Å². The second-order valence-electron chi connectivity index (χ2n) is 4.27.